The molecule has 1 aliphatic heterocycles. The van der Waals surface area contributed by atoms with Gasteiger partial charge in [0.05, 0.1) is 4.92 Å². The van der Waals surface area contributed by atoms with Gasteiger partial charge in [0.1, 0.15) is 23.4 Å². The molecule has 138 valence electrons. The molecule has 3 aromatic heterocycles. The largest absolute Gasteiger partial charge is 0.353 e. The maximum absolute atomic E-state index is 12.8. The molecule has 0 atom stereocenters. The number of aromatic nitrogens is 3. The number of carbonyl (C=O) groups excluding carboxylic acids is 1. The lowest BCUT2D eigenvalue weighted by molar-refractivity contribution is -0.385. The molecule has 27 heavy (non-hydrogen) atoms. The number of amides is 1. The number of pyridine rings is 2. The topological polar surface area (TPSA) is 96.9 Å². The number of imidazole rings is 1. The Bertz CT molecular complexity index is 1010. The number of rotatable bonds is 3. The first-order valence-corrected chi connectivity index (χ1v) is 8.61. The molecule has 0 N–H and O–H groups in total. The van der Waals surface area contributed by atoms with Crippen molar-refractivity contribution in [3.05, 3.63) is 64.2 Å². The second kappa shape index (κ2) is 6.67. The van der Waals surface area contributed by atoms with Gasteiger partial charge in [0.2, 0.25) is 0 Å². The molecule has 3 aromatic rings. The third-order valence-electron chi connectivity index (χ3n) is 4.67. The second-order valence-corrected chi connectivity index (χ2v) is 6.51. The SMILES string of the molecule is Cc1ccn2cc(C(=O)N3CCN(c4ccc([N+](=O)[O-])cn4)CC3)nc2c1. The normalized spacial score (nSPS) is 14.6. The van der Waals surface area contributed by atoms with E-state index < -0.39 is 4.92 Å². The van der Waals surface area contributed by atoms with E-state index >= 15 is 0 Å². The van der Waals surface area contributed by atoms with E-state index in [9.17, 15) is 14.9 Å². The molecule has 0 aliphatic carbocycles. The molecule has 9 nitrogen and oxygen atoms in total. The molecule has 4 rings (SSSR count). The van der Waals surface area contributed by atoms with Crippen LogP contribution in [0.15, 0.2) is 42.9 Å². The van der Waals surface area contributed by atoms with E-state index in [0.29, 0.717) is 37.7 Å². The summed E-state index contributed by atoms with van der Waals surface area (Å²) in [6.07, 6.45) is 4.90. The molecule has 9 heteroatoms. The highest BCUT2D eigenvalue weighted by Crippen LogP contribution is 2.18. The summed E-state index contributed by atoms with van der Waals surface area (Å²) < 4.78 is 1.84. The Hall–Kier alpha value is -3.49. The molecule has 0 spiro atoms. The van der Waals surface area contributed by atoms with Gasteiger partial charge in [-0.15, -0.1) is 0 Å². The van der Waals surface area contributed by atoms with Crippen LogP contribution < -0.4 is 4.90 Å². The van der Waals surface area contributed by atoms with Crippen molar-refractivity contribution < 1.29 is 9.72 Å². The molecule has 1 aliphatic rings. The Morgan fingerprint density at radius 2 is 1.96 bits per heavy atom. The zero-order chi connectivity index (χ0) is 19.0. The predicted molar refractivity (Wildman–Crippen MR) is 98.9 cm³/mol. The molecule has 0 saturated carbocycles. The number of hydrogen-bond acceptors (Lipinski definition) is 6. The fourth-order valence-corrected chi connectivity index (χ4v) is 3.16. The van der Waals surface area contributed by atoms with Crippen molar-refractivity contribution in [3.63, 3.8) is 0 Å². The fraction of sp³-hybridized carbons (Fsp3) is 0.278. The molecule has 0 aromatic carbocycles. The van der Waals surface area contributed by atoms with E-state index in [1.807, 2.05) is 34.6 Å². The zero-order valence-corrected chi connectivity index (χ0v) is 14.8. The monoisotopic (exact) mass is 366 g/mol. The average molecular weight is 366 g/mol. The standard InChI is InChI=1S/C18H18N6O3/c1-13-4-5-23-12-15(20-17(23)10-13)18(25)22-8-6-21(7-9-22)16-3-2-14(11-19-16)24(26)27/h2-5,10-12H,6-9H2,1H3. The van der Waals surface area contributed by atoms with Crippen molar-refractivity contribution in [1.82, 2.24) is 19.3 Å². The number of aryl methyl sites for hydroxylation is 1. The van der Waals surface area contributed by atoms with Crippen LogP contribution in [0.25, 0.3) is 5.65 Å². The van der Waals surface area contributed by atoms with Crippen LogP contribution in [0.1, 0.15) is 16.1 Å². The van der Waals surface area contributed by atoms with Gasteiger partial charge in [-0.3, -0.25) is 14.9 Å². The van der Waals surface area contributed by atoms with Crippen LogP contribution in [-0.2, 0) is 0 Å². The highest BCUT2D eigenvalue weighted by Gasteiger charge is 2.24. The van der Waals surface area contributed by atoms with E-state index in [4.69, 9.17) is 0 Å². The number of anilines is 1. The summed E-state index contributed by atoms with van der Waals surface area (Å²) in [5.74, 6) is 0.587. The van der Waals surface area contributed by atoms with Crippen LogP contribution in [0, 0.1) is 17.0 Å². The lowest BCUT2D eigenvalue weighted by atomic mass is 10.2. The minimum atomic E-state index is -0.469. The minimum absolute atomic E-state index is 0.0327. The van der Waals surface area contributed by atoms with E-state index in [2.05, 4.69) is 9.97 Å². The number of piperazine rings is 1. The molecule has 1 saturated heterocycles. The number of carbonyl (C=O) groups is 1. The van der Waals surface area contributed by atoms with Crippen molar-refractivity contribution in [3.8, 4) is 0 Å². The number of hydrogen-bond donors (Lipinski definition) is 0. The van der Waals surface area contributed by atoms with E-state index in [0.717, 1.165) is 11.2 Å². The van der Waals surface area contributed by atoms with Gasteiger partial charge in [0, 0.05) is 44.6 Å². The Balaban J connectivity index is 1.43. The van der Waals surface area contributed by atoms with Gasteiger partial charge in [-0.25, -0.2) is 9.97 Å². The van der Waals surface area contributed by atoms with Crippen molar-refractivity contribution in [1.29, 1.82) is 0 Å². The van der Waals surface area contributed by atoms with Gasteiger partial charge in [0.25, 0.3) is 11.6 Å². The first-order chi connectivity index (χ1) is 13.0. The molecule has 1 fully saturated rings. The van der Waals surface area contributed by atoms with Gasteiger partial charge in [-0.1, -0.05) is 0 Å². The van der Waals surface area contributed by atoms with Gasteiger partial charge in [0.15, 0.2) is 0 Å². The summed E-state index contributed by atoms with van der Waals surface area (Å²) in [5, 5.41) is 10.7. The molecule has 1 amide bonds. The summed E-state index contributed by atoms with van der Waals surface area (Å²) in [5.41, 5.74) is 2.25. The van der Waals surface area contributed by atoms with E-state index in [1.54, 1.807) is 17.2 Å². The van der Waals surface area contributed by atoms with Crippen LogP contribution in [0.3, 0.4) is 0 Å². The molecular formula is C18H18N6O3. The summed E-state index contributed by atoms with van der Waals surface area (Å²) in [6, 6.07) is 6.99. The fourth-order valence-electron chi connectivity index (χ4n) is 3.16. The van der Waals surface area contributed by atoms with Crippen molar-refractivity contribution in [2.24, 2.45) is 0 Å². The van der Waals surface area contributed by atoms with Crippen LogP contribution in [0.4, 0.5) is 11.5 Å². The van der Waals surface area contributed by atoms with Gasteiger partial charge in [-0.2, -0.15) is 0 Å². The first kappa shape index (κ1) is 17.0. The quantitative estimate of drug-likeness (QED) is 0.519. The van der Waals surface area contributed by atoms with Crippen molar-refractivity contribution in [2.75, 3.05) is 31.1 Å². The Morgan fingerprint density at radius 3 is 2.63 bits per heavy atom. The highest BCUT2D eigenvalue weighted by molar-refractivity contribution is 5.93. The van der Waals surface area contributed by atoms with Crippen LogP contribution >= 0.6 is 0 Å². The maximum Gasteiger partial charge on any atom is 0.287 e. The lowest BCUT2D eigenvalue weighted by Crippen LogP contribution is -2.49. The third kappa shape index (κ3) is 3.31. The Morgan fingerprint density at radius 1 is 1.19 bits per heavy atom. The summed E-state index contributed by atoms with van der Waals surface area (Å²) >= 11 is 0. The summed E-state index contributed by atoms with van der Waals surface area (Å²) in [4.78, 5) is 35.4. The van der Waals surface area contributed by atoms with Gasteiger partial charge < -0.3 is 14.2 Å². The van der Waals surface area contributed by atoms with Crippen molar-refractivity contribution >= 4 is 23.1 Å². The van der Waals surface area contributed by atoms with Crippen molar-refractivity contribution in [2.45, 2.75) is 6.92 Å². The van der Waals surface area contributed by atoms with Crippen LogP contribution in [-0.4, -0.2) is 56.3 Å². The minimum Gasteiger partial charge on any atom is -0.353 e. The number of nitro groups is 1. The smallest absolute Gasteiger partial charge is 0.287 e. The van der Waals surface area contributed by atoms with Crippen LogP contribution in [0.5, 0.6) is 0 Å². The first-order valence-electron chi connectivity index (χ1n) is 8.61. The number of nitrogens with zero attached hydrogens (tertiary/aromatic N) is 6. The third-order valence-corrected chi connectivity index (χ3v) is 4.67. The zero-order valence-electron chi connectivity index (χ0n) is 14.8. The lowest BCUT2D eigenvalue weighted by Gasteiger charge is -2.35. The predicted octanol–water partition coefficient (Wildman–Crippen LogP) is 1.91. The second-order valence-electron chi connectivity index (χ2n) is 6.51. The van der Waals surface area contributed by atoms with E-state index in [1.165, 1.54) is 12.3 Å². The average Bonchev–Trinajstić information content (AvgIpc) is 3.11. The molecule has 0 unspecified atom stereocenters. The Labute approximate surface area is 155 Å². The van der Waals surface area contributed by atoms with Crippen LogP contribution in [0.2, 0.25) is 0 Å². The Kier molecular flexibility index (Phi) is 4.19. The van der Waals surface area contributed by atoms with Gasteiger partial charge >= 0.3 is 0 Å². The molecule has 4 heterocycles. The highest BCUT2D eigenvalue weighted by atomic mass is 16.6. The summed E-state index contributed by atoms with van der Waals surface area (Å²) in [6.45, 7) is 4.31. The maximum atomic E-state index is 12.8. The molecule has 0 bridgehead atoms. The van der Waals surface area contributed by atoms with Gasteiger partial charge in [-0.05, 0) is 30.7 Å². The number of fused-ring (bicyclic) bond motifs is 1. The molecule has 0 radical (unpaired) electrons. The molecular weight excluding hydrogens is 348 g/mol. The van der Waals surface area contributed by atoms with E-state index in [-0.39, 0.29) is 11.6 Å². The summed E-state index contributed by atoms with van der Waals surface area (Å²) in [7, 11) is 0.